The van der Waals surface area contributed by atoms with E-state index in [0.717, 1.165) is 11.8 Å². The topological polar surface area (TPSA) is 46.2 Å². The number of imide groups is 1. The number of nitrogens with one attached hydrogen (secondary N) is 1. The largest absolute Gasteiger partial charge is 0.288 e. The summed E-state index contributed by atoms with van der Waals surface area (Å²) >= 11 is 0. The zero-order chi connectivity index (χ0) is 12.3. The Morgan fingerprint density at radius 3 is 2.56 bits per heavy atom. The third kappa shape index (κ3) is 1.30. The Balaban J connectivity index is 1.73. The van der Waals surface area contributed by atoms with Crippen molar-refractivity contribution in [2.75, 3.05) is 0 Å². The molecule has 0 radical (unpaired) electrons. The van der Waals surface area contributed by atoms with Crippen LogP contribution in [0.3, 0.4) is 0 Å². The van der Waals surface area contributed by atoms with Crippen LogP contribution in [-0.4, -0.2) is 11.8 Å². The number of hydrogen-bond donors (Lipinski definition) is 1. The summed E-state index contributed by atoms with van der Waals surface area (Å²) in [6.45, 7) is 0. The Morgan fingerprint density at radius 1 is 1.00 bits per heavy atom. The highest BCUT2D eigenvalue weighted by molar-refractivity contribution is 6.21. The summed E-state index contributed by atoms with van der Waals surface area (Å²) in [6, 6.07) is 5.81. The van der Waals surface area contributed by atoms with Gasteiger partial charge in [-0.1, -0.05) is 12.5 Å². The van der Waals surface area contributed by atoms with Gasteiger partial charge in [0, 0.05) is 0 Å². The fourth-order valence-corrected chi connectivity index (χ4v) is 4.07. The number of fused-ring (bicyclic) bond motifs is 3. The standard InChI is InChI=1S/C15H15NO2/c17-14-11-4-3-10(7-13(11)15(18)16-14)12-6-8-1-2-9(12)5-8/h3-4,7-9,12H,1-2,5-6H2,(H,16,17,18). The van der Waals surface area contributed by atoms with E-state index in [-0.39, 0.29) is 11.8 Å². The number of rotatable bonds is 1. The number of carbonyl (C=O) groups excluding carboxylic acids is 2. The first kappa shape index (κ1) is 10.3. The van der Waals surface area contributed by atoms with Gasteiger partial charge in [-0.15, -0.1) is 0 Å². The molecule has 0 saturated heterocycles. The lowest BCUT2D eigenvalue weighted by Crippen LogP contribution is -2.19. The lowest BCUT2D eigenvalue weighted by molar-refractivity contribution is 0.0879. The Labute approximate surface area is 106 Å². The highest BCUT2D eigenvalue weighted by Crippen LogP contribution is 2.53. The third-order valence-electron chi connectivity index (χ3n) is 4.93. The van der Waals surface area contributed by atoms with Crippen molar-refractivity contribution in [2.45, 2.75) is 31.6 Å². The second kappa shape index (κ2) is 3.44. The maximum atomic E-state index is 11.7. The van der Waals surface area contributed by atoms with Crippen LogP contribution in [0.15, 0.2) is 18.2 Å². The Hall–Kier alpha value is -1.64. The van der Waals surface area contributed by atoms with E-state index in [2.05, 4.69) is 5.32 Å². The van der Waals surface area contributed by atoms with Crippen LogP contribution in [0.25, 0.3) is 0 Å². The summed E-state index contributed by atoms with van der Waals surface area (Å²) in [6.07, 6.45) is 5.33. The van der Waals surface area contributed by atoms with Crippen molar-refractivity contribution in [1.29, 1.82) is 0 Å². The van der Waals surface area contributed by atoms with Crippen molar-refractivity contribution in [2.24, 2.45) is 11.8 Å². The Kier molecular flexibility index (Phi) is 1.97. The summed E-state index contributed by atoms with van der Waals surface area (Å²) in [5.41, 5.74) is 2.36. The van der Waals surface area contributed by atoms with Crippen LogP contribution in [0, 0.1) is 11.8 Å². The van der Waals surface area contributed by atoms with Crippen LogP contribution in [0.4, 0.5) is 0 Å². The first-order valence-electron chi connectivity index (χ1n) is 6.72. The predicted molar refractivity (Wildman–Crippen MR) is 66.4 cm³/mol. The molecule has 0 aromatic heterocycles. The maximum Gasteiger partial charge on any atom is 0.258 e. The average molecular weight is 241 g/mol. The van der Waals surface area contributed by atoms with Crippen LogP contribution >= 0.6 is 0 Å². The lowest BCUT2D eigenvalue weighted by Gasteiger charge is -2.22. The lowest BCUT2D eigenvalue weighted by atomic mass is 9.82. The molecule has 4 rings (SSSR count). The van der Waals surface area contributed by atoms with Gasteiger partial charge >= 0.3 is 0 Å². The minimum atomic E-state index is -0.255. The van der Waals surface area contributed by atoms with Gasteiger partial charge in [0.05, 0.1) is 11.1 Å². The second-order valence-corrected chi connectivity index (χ2v) is 5.87. The molecular formula is C15H15NO2. The molecule has 2 aliphatic carbocycles. The van der Waals surface area contributed by atoms with Gasteiger partial charge in [-0.25, -0.2) is 0 Å². The molecule has 1 N–H and O–H groups in total. The zero-order valence-electron chi connectivity index (χ0n) is 10.1. The number of amides is 2. The Bertz CT molecular complexity index is 564. The number of benzene rings is 1. The minimum Gasteiger partial charge on any atom is -0.288 e. The minimum absolute atomic E-state index is 0.236. The van der Waals surface area contributed by atoms with Gasteiger partial charge in [-0.05, 0) is 54.7 Å². The summed E-state index contributed by atoms with van der Waals surface area (Å²) in [4.78, 5) is 23.2. The van der Waals surface area contributed by atoms with Gasteiger partial charge in [-0.2, -0.15) is 0 Å². The van der Waals surface area contributed by atoms with Crippen LogP contribution in [0.2, 0.25) is 0 Å². The fourth-order valence-electron chi connectivity index (χ4n) is 4.07. The fraction of sp³-hybridized carbons (Fsp3) is 0.467. The van der Waals surface area contributed by atoms with Crippen LogP contribution < -0.4 is 5.32 Å². The molecule has 18 heavy (non-hydrogen) atoms. The molecule has 1 heterocycles. The monoisotopic (exact) mass is 241 g/mol. The molecule has 3 heteroatoms. The van der Waals surface area contributed by atoms with Crippen molar-refractivity contribution in [1.82, 2.24) is 5.32 Å². The summed E-state index contributed by atoms with van der Waals surface area (Å²) in [5, 5.41) is 2.36. The molecule has 2 saturated carbocycles. The molecule has 2 amide bonds. The van der Waals surface area contributed by atoms with E-state index in [4.69, 9.17) is 0 Å². The molecule has 3 nitrogen and oxygen atoms in total. The summed E-state index contributed by atoms with van der Waals surface area (Å²) in [7, 11) is 0. The molecule has 1 aliphatic heterocycles. The Morgan fingerprint density at radius 2 is 1.83 bits per heavy atom. The van der Waals surface area contributed by atoms with E-state index in [1.54, 1.807) is 0 Å². The highest BCUT2D eigenvalue weighted by atomic mass is 16.2. The van der Waals surface area contributed by atoms with Crippen molar-refractivity contribution >= 4 is 11.8 Å². The predicted octanol–water partition coefficient (Wildman–Crippen LogP) is 2.47. The van der Waals surface area contributed by atoms with Crippen LogP contribution in [0.5, 0.6) is 0 Å². The van der Waals surface area contributed by atoms with E-state index in [1.807, 2.05) is 18.2 Å². The van der Waals surface area contributed by atoms with Crippen molar-refractivity contribution in [3.05, 3.63) is 34.9 Å². The first-order chi connectivity index (χ1) is 8.72. The zero-order valence-corrected chi connectivity index (χ0v) is 10.1. The van der Waals surface area contributed by atoms with Gasteiger partial charge in [-0.3, -0.25) is 14.9 Å². The van der Waals surface area contributed by atoms with E-state index >= 15 is 0 Å². The molecule has 3 atom stereocenters. The van der Waals surface area contributed by atoms with E-state index in [9.17, 15) is 9.59 Å². The molecule has 3 unspecified atom stereocenters. The smallest absolute Gasteiger partial charge is 0.258 e. The van der Waals surface area contributed by atoms with E-state index in [1.165, 1.54) is 31.2 Å². The second-order valence-electron chi connectivity index (χ2n) is 5.87. The maximum absolute atomic E-state index is 11.7. The molecule has 0 spiro atoms. The number of hydrogen-bond acceptors (Lipinski definition) is 2. The van der Waals surface area contributed by atoms with Crippen molar-refractivity contribution < 1.29 is 9.59 Å². The van der Waals surface area contributed by atoms with E-state index < -0.39 is 0 Å². The molecule has 2 fully saturated rings. The molecule has 2 bridgehead atoms. The summed E-state index contributed by atoms with van der Waals surface area (Å²) in [5.74, 6) is 1.81. The SMILES string of the molecule is O=C1NC(=O)c2cc(C3CC4CCC3C4)ccc21. The van der Waals surface area contributed by atoms with Crippen LogP contribution in [-0.2, 0) is 0 Å². The van der Waals surface area contributed by atoms with Crippen LogP contribution in [0.1, 0.15) is 57.9 Å². The molecule has 1 aromatic carbocycles. The van der Waals surface area contributed by atoms with E-state index in [0.29, 0.717) is 17.0 Å². The van der Waals surface area contributed by atoms with Gasteiger partial charge in [0.15, 0.2) is 0 Å². The summed E-state index contributed by atoms with van der Waals surface area (Å²) < 4.78 is 0. The molecule has 3 aliphatic rings. The van der Waals surface area contributed by atoms with Gasteiger partial charge in [0.25, 0.3) is 11.8 Å². The van der Waals surface area contributed by atoms with Crippen molar-refractivity contribution in [3.8, 4) is 0 Å². The third-order valence-corrected chi connectivity index (χ3v) is 4.93. The molecular weight excluding hydrogens is 226 g/mol. The van der Waals surface area contributed by atoms with Crippen molar-refractivity contribution in [3.63, 3.8) is 0 Å². The highest BCUT2D eigenvalue weighted by Gasteiger charge is 2.40. The normalized spacial score (nSPS) is 32.8. The quantitative estimate of drug-likeness (QED) is 0.768. The van der Waals surface area contributed by atoms with Gasteiger partial charge < -0.3 is 0 Å². The molecule has 92 valence electrons. The average Bonchev–Trinajstić information content (AvgIpc) is 3.05. The molecule has 1 aromatic rings. The first-order valence-corrected chi connectivity index (χ1v) is 6.72. The number of carbonyl (C=O) groups is 2. The van der Waals surface area contributed by atoms with Gasteiger partial charge in [0.2, 0.25) is 0 Å². The van der Waals surface area contributed by atoms with Gasteiger partial charge in [0.1, 0.15) is 0 Å².